The molecule has 3 rings (SSSR count). The molecule has 35 heavy (non-hydrogen) atoms. The van der Waals surface area contributed by atoms with Crippen molar-refractivity contribution < 1.29 is 19.1 Å². The lowest BCUT2D eigenvalue weighted by molar-refractivity contribution is -0.155. The zero-order valence-corrected chi connectivity index (χ0v) is 21.9. The van der Waals surface area contributed by atoms with Crippen LogP contribution < -0.4 is 15.9 Å². The first-order valence-electron chi connectivity index (χ1n) is 12.3. The Morgan fingerprint density at radius 1 is 0.714 bits per heavy atom. The van der Waals surface area contributed by atoms with Crippen molar-refractivity contribution >= 4 is 35.1 Å². The molecule has 0 spiro atoms. The van der Waals surface area contributed by atoms with Crippen LogP contribution in [0.5, 0.6) is 0 Å². The zero-order valence-electron chi connectivity index (χ0n) is 21.0. The lowest BCUT2D eigenvalue weighted by Crippen LogP contribution is -2.35. The Labute approximate surface area is 210 Å². The van der Waals surface area contributed by atoms with Gasteiger partial charge in [0.1, 0.15) is 35.9 Å². The number of ether oxygens (including phenoxy) is 2. The number of rotatable bonds is 12. The second kappa shape index (κ2) is 12.7. The van der Waals surface area contributed by atoms with Gasteiger partial charge in [-0.05, 0) is 63.1 Å². The molecular formula is C30H36O4P+. The SMILES string of the molecule is CCC(C)(C)C(=O)OCCCC(=O)OCC[P+](c1ccccc1)(c1ccccc1)c1ccccc1. The van der Waals surface area contributed by atoms with E-state index in [9.17, 15) is 9.59 Å². The summed E-state index contributed by atoms with van der Waals surface area (Å²) in [5.74, 6) is -0.486. The third kappa shape index (κ3) is 6.80. The molecule has 0 amide bonds. The summed E-state index contributed by atoms with van der Waals surface area (Å²) < 4.78 is 11.0. The zero-order chi connectivity index (χ0) is 25.2. The predicted octanol–water partition coefficient (Wildman–Crippen LogP) is 5.28. The smallest absolute Gasteiger partial charge is 0.311 e. The molecule has 184 valence electrons. The van der Waals surface area contributed by atoms with Gasteiger partial charge in [-0.3, -0.25) is 9.59 Å². The Balaban J connectivity index is 1.70. The highest BCUT2D eigenvalue weighted by molar-refractivity contribution is 7.95. The fourth-order valence-corrected chi connectivity index (χ4v) is 8.05. The summed E-state index contributed by atoms with van der Waals surface area (Å²) in [6, 6.07) is 31.6. The summed E-state index contributed by atoms with van der Waals surface area (Å²) in [6.45, 7) is 6.25. The molecule has 0 saturated heterocycles. The summed E-state index contributed by atoms with van der Waals surface area (Å²) >= 11 is 0. The monoisotopic (exact) mass is 491 g/mol. The third-order valence-corrected chi connectivity index (χ3v) is 10.9. The van der Waals surface area contributed by atoms with Crippen LogP contribution in [-0.2, 0) is 19.1 Å². The minimum absolute atomic E-state index is 0.225. The van der Waals surface area contributed by atoms with Gasteiger partial charge in [0.15, 0.2) is 0 Å². The first-order chi connectivity index (χ1) is 16.9. The molecule has 0 heterocycles. The average molecular weight is 492 g/mol. The van der Waals surface area contributed by atoms with E-state index in [1.54, 1.807) is 0 Å². The standard InChI is InChI=1S/C30H36O4P/c1-4-30(2,3)29(32)34-22-14-21-28(31)33-23-24-35(25-15-8-5-9-16-25,26-17-10-6-11-18-26)27-19-12-7-13-20-27/h5-13,15-20H,4,14,21-24H2,1-3H3/q+1. The maximum atomic E-state index is 12.5. The van der Waals surface area contributed by atoms with Crippen molar-refractivity contribution in [1.29, 1.82) is 0 Å². The van der Waals surface area contributed by atoms with E-state index < -0.39 is 12.7 Å². The molecule has 0 atom stereocenters. The van der Waals surface area contributed by atoms with Gasteiger partial charge in [0, 0.05) is 6.42 Å². The van der Waals surface area contributed by atoms with Crippen LogP contribution in [-0.4, -0.2) is 31.3 Å². The molecule has 0 unspecified atom stereocenters. The van der Waals surface area contributed by atoms with Crippen LogP contribution in [0.15, 0.2) is 91.0 Å². The van der Waals surface area contributed by atoms with E-state index in [1.165, 1.54) is 15.9 Å². The average Bonchev–Trinajstić information content (AvgIpc) is 2.90. The van der Waals surface area contributed by atoms with Crippen molar-refractivity contribution in [2.45, 2.75) is 40.0 Å². The summed E-state index contributed by atoms with van der Waals surface area (Å²) in [5, 5.41) is 3.79. The number of carbonyl (C=O) groups is 2. The van der Waals surface area contributed by atoms with Gasteiger partial charge in [-0.2, -0.15) is 0 Å². The Morgan fingerprint density at radius 2 is 1.17 bits per heavy atom. The first kappa shape index (κ1) is 26.6. The van der Waals surface area contributed by atoms with Gasteiger partial charge in [-0.15, -0.1) is 0 Å². The Hall–Kier alpha value is -2.97. The normalized spacial score (nSPS) is 11.6. The molecule has 0 bridgehead atoms. The fourth-order valence-electron chi connectivity index (χ4n) is 3.97. The number of hydrogen-bond donors (Lipinski definition) is 0. The molecule has 3 aromatic carbocycles. The lowest BCUT2D eigenvalue weighted by atomic mass is 9.91. The molecule has 5 heteroatoms. The van der Waals surface area contributed by atoms with E-state index in [0.29, 0.717) is 19.4 Å². The molecule has 0 N–H and O–H groups in total. The number of carbonyl (C=O) groups excluding carboxylic acids is 2. The number of esters is 2. The molecule has 0 aliphatic heterocycles. The van der Waals surface area contributed by atoms with E-state index in [2.05, 4.69) is 72.8 Å². The minimum atomic E-state index is -2.02. The van der Waals surface area contributed by atoms with Gasteiger partial charge in [-0.25, -0.2) is 0 Å². The van der Waals surface area contributed by atoms with Crippen molar-refractivity contribution in [2.24, 2.45) is 5.41 Å². The topological polar surface area (TPSA) is 52.6 Å². The van der Waals surface area contributed by atoms with Crippen LogP contribution in [0.1, 0.15) is 40.0 Å². The molecule has 3 aromatic rings. The number of benzene rings is 3. The van der Waals surface area contributed by atoms with Gasteiger partial charge in [0.2, 0.25) is 0 Å². The predicted molar refractivity (Wildman–Crippen MR) is 145 cm³/mol. The third-order valence-electron chi connectivity index (χ3n) is 6.48. The minimum Gasteiger partial charge on any atom is -0.465 e. The van der Waals surface area contributed by atoms with Crippen LogP contribution in [0.2, 0.25) is 0 Å². The summed E-state index contributed by atoms with van der Waals surface area (Å²) in [4.78, 5) is 24.6. The number of hydrogen-bond acceptors (Lipinski definition) is 4. The second-order valence-electron chi connectivity index (χ2n) is 9.24. The second-order valence-corrected chi connectivity index (χ2v) is 12.9. The van der Waals surface area contributed by atoms with Crippen molar-refractivity contribution in [3.8, 4) is 0 Å². The highest BCUT2D eigenvalue weighted by atomic mass is 31.2. The van der Waals surface area contributed by atoms with Crippen LogP contribution in [0, 0.1) is 5.41 Å². The molecular weight excluding hydrogens is 455 g/mol. The molecule has 0 aromatic heterocycles. The Kier molecular flexibility index (Phi) is 9.63. The largest absolute Gasteiger partial charge is 0.465 e. The molecule has 0 radical (unpaired) electrons. The van der Waals surface area contributed by atoms with E-state index in [1.807, 2.05) is 39.0 Å². The quantitative estimate of drug-likeness (QED) is 0.196. The van der Waals surface area contributed by atoms with Gasteiger partial charge in [-0.1, -0.05) is 61.5 Å². The van der Waals surface area contributed by atoms with Gasteiger partial charge < -0.3 is 9.47 Å². The molecule has 0 saturated carbocycles. The Morgan fingerprint density at radius 3 is 1.60 bits per heavy atom. The molecule has 0 fully saturated rings. The maximum absolute atomic E-state index is 12.5. The van der Waals surface area contributed by atoms with Crippen LogP contribution in [0.3, 0.4) is 0 Å². The lowest BCUT2D eigenvalue weighted by Gasteiger charge is -2.27. The van der Waals surface area contributed by atoms with Crippen LogP contribution in [0.4, 0.5) is 0 Å². The molecule has 4 nitrogen and oxygen atoms in total. The van der Waals surface area contributed by atoms with E-state index in [-0.39, 0.29) is 25.0 Å². The summed E-state index contributed by atoms with van der Waals surface area (Å²) in [7, 11) is -2.02. The van der Waals surface area contributed by atoms with E-state index in [0.717, 1.165) is 6.16 Å². The van der Waals surface area contributed by atoms with Crippen molar-refractivity contribution in [3.63, 3.8) is 0 Å². The summed E-state index contributed by atoms with van der Waals surface area (Å²) in [6.07, 6.45) is 2.12. The molecule has 0 aliphatic carbocycles. The van der Waals surface area contributed by atoms with Crippen molar-refractivity contribution in [1.82, 2.24) is 0 Å². The van der Waals surface area contributed by atoms with E-state index >= 15 is 0 Å². The summed E-state index contributed by atoms with van der Waals surface area (Å²) in [5.41, 5.74) is -0.500. The fraction of sp³-hybridized carbons (Fsp3) is 0.333. The van der Waals surface area contributed by atoms with Gasteiger partial charge in [0.25, 0.3) is 0 Å². The first-order valence-corrected chi connectivity index (χ1v) is 14.3. The van der Waals surface area contributed by atoms with Gasteiger partial charge >= 0.3 is 11.9 Å². The molecule has 0 aliphatic rings. The highest BCUT2D eigenvalue weighted by Crippen LogP contribution is 2.54. The van der Waals surface area contributed by atoms with Gasteiger partial charge in [0.05, 0.1) is 12.0 Å². The van der Waals surface area contributed by atoms with Crippen molar-refractivity contribution in [3.05, 3.63) is 91.0 Å². The highest BCUT2D eigenvalue weighted by Gasteiger charge is 2.45. The van der Waals surface area contributed by atoms with Crippen LogP contribution in [0.25, 0.3) is 0 Å². The van der Waals surface area contributed by atoms with Crippen molar-refractivity contribution in [2.75, 3.05) is 19.4 Å². The maximum Gasteiger partial charge on any atom is 0.311 e. The van der Waals surface area contributed by atoms with E-state index in [4.69, 9.17) is 9.47 Å². The van der Waals surface area contributed by atoms with Crippen LogP contribution >= 0.6 is 7.26 Å². The Bertz CT molecular complexity index is 969.